The molecular weight excluding hydrogens is 136 g/mol. The third-order valence-corrected chi connectivity index (χ3v) is 1.73. The van der Waals surface area contributed by atoms with E-state index in [9.17, 15) is 0 Å². The molecule has 0 radical (unpaired) electrons. The van der Waals surface area contributed by atoms with Crippen molar-refractivity contribution in [3.05, 3.63) is 23.8 Å². The van der Waals surface area contributed by atoms with Gasteiger partial charge in [-0.25, -0.2) is 0 Å². The molecule has 0 saturated heterocycles. The van der Waals surface area contributed by atoms with Crippen LogP contribution in [-0.2, 0) is 0 Å². The molecule has 0 aliphatic rings. The summed E-state index contributed by atoms with van der Waals surface area (Å²) in [6, 6.07) is 5.60. The molecule has 11 heavy (non-hydrogen) atoms. The van der Waals surface area contributed by atoms with Crippen molar-refractivity contribution in [2.75, 3.05) is 11.5 Å². The van der Waals surface area contributed by atoms with Crippen LogP contribution in [0.2, 0.25) is 0 Å². The second kappa shape index (κ2) is 2.82. The first kappa shape index (κ1) is 7.92. The van der Waals surface area contributed by atoms with Gasteiger partial charge in [0, 0.05) is 11.4 Å². The van der Waals surface area contributed by atoms with Gasteiger partial charge in [0.25, 0.3) is 0 Å². The van der Waals surface area contributed by atoms with Crippen molar-refractivity contribution >= 4 is 11.4 Å². The SMILES string of the molecule is CC(C)c1cc(N)ccc1N. The number of anilines is 2. The zero-order valence-electron chi connectivity index (χ0n) is 6.96. The number of benzene rings is 1. The molecule has 0 aromatic heterocycles. The fraction of sp³-hybridized carbons (Fsp3) is 0.333. The molecule has 0 atom stereocenters. The van der Waals surface area contributed by atoms with E-state index in [1.54, 1.807) is 0 Å². The van der Waals surface area contributed by atoms with Gasteiger partial charge in [0.1, 0.15) is 0 Å². The van der Waals surface area contributed by atoms with Gasteiger partial charge >= 0.3 is 0 Å². The molecule has 0 saturated carbocycles. The number of rotatable bonds is 1. The van der Waals surface area contributed by atoms with Crippen molar-refractivity contribution in [1.82, 2.24) is 0 Å². The highest BCUT2D eigenvalue weighted by Crippen LogP contribution is 2.23. The van der Waals surface area contributed by atoms with Crippen LogP contribution in [0.1, 0.15) is 25.3 Å². The standard InChI is InChI=1S/C9H14N2/c1-6(2)8-5-7(10)3-4-9(8)11/h3-6H,10-11H2,1-2H3. The first-order valence-corrected chi connectivity index (χ1v) is 3.76. The molecule has 0 spiro atoms. The fourth-order valence-corrected chi connectivity index (χ4v) is 1.09. The van der Waals surface area contributed by atoms with E-state index in [0.29, 0.717) is 5.92 Å². The molecule has 2 heteroatoms. The van der Waals surface area contributed by atoms with E-state index in [2.05, 4.69) is 13.8 Å². The Kier molecular flexibility index (Phi) is 2.03. The lowest BCUT2D eigenvalue weighted by Crippen LogP contribution is -1.97. The van der Waals surface area contributed by atoms with E-state index in [-0.39, 0.29) is 0 Å². The number of hydrogen-bond acceptors (Lipinski definition) is 2. The highest BCUT2D eigenvalue weighted by atomic mass is 14.6. The van der Waals surface area contributed by atoms with Gasteiger partial charge in [0.05, 0.1) is 0 Å². The third kappa shape index (κ3) is 1.64. The van der Waals surface area contributed by atoms with Gasteiger partial charge in [-0.3, -0.25) is 0 Å². The average Bonchev–Trinajstić information content (AvgIpc) is 1.94. The Morgan fingerprint density at radius 3 is 2.27 bits per heavy atom. The lowest BCUT2D eigenvalue weighted by molar-refractivity contribution is 0.870. The molecule has 1 aromatic carbocycles. The van der Waals surface area contributed by atoms with E-state index in [4.69, 9.17) is 11.5 Å². The molecule has 0 heterocycles. The average molecular weight is 150 g/mol. The van der Waals surface area contributed by atoms with Crippen LogP contribution in [0.5, 0.6) is 0 Å². The van der Waals surface area contributed by atoms with E-state index in [1.165, 1.54) is 0 Å². The summed E-state index contributed by atoms with van der Waals surface area (Å²) in [7, 11) is 0. The second-order valence-electron chi connectivity index (χ2n) is 3.04. The van der Waals surface area contributed by atoms with Gasteiger partial charge in [-0.15, -0.1) is 0 Å². The minimum Gasteiger partial charge on any atom is -0.399 e. The van der Waals surface area contributed by atoms with Crippen LogP contribution in [0.15, 0.2) is 18.2 Å². The molecule has 0 unspecified atom stereocenters. The lowest BCUT2D eigenvalue weighted by atomic mass is 10.0. The number of nitrogens with two attached hydrogens (primary N) is 2. The maximum absolute atomic E-state index is 5.73. The Hall–Kier alpha value is -1.18. The molecule has 0 amide bonds. The summed E-state index contributed by atoms with van der Waals surface area (Å²) in [5, 5.41) is 0. The van der Waals surface area contributed by atoms with Gasteiger partial charge in [-0.05, 0) is 29.7 Å². The van der Waals surface area contributed by atoms with Crippen molar-refractivity contribution in [2.45, 2.75) is 19.8 Å². The minimum atomic E-state index is 0.443. The Morgan fingerprint density at radius 2 is 1.82 bits per heavy atom. The predicted molar refractivity (Wildman–Crippen MR) is 49.4 cm³/mol. The maximum atomic E-state index is 5.73. The summed E-state index contributed by atoms with van der Waals surface area (Å²) in [4.78, 5) is 0. The third-order valence-electron chi connectivity index (χ3n) is 1.73. The van der Waals surface area contributed by atoms with Crippen molar-refractivity contribution in [3.8, 4) is 0 Å². The molecule has 0 bridgehead atoms. The molecule has 2 nitrogen and oxygen atoms in total. The maximum Gasteiger partial charge on any atom is 0.0350 e. The van der Waals surface area contributed by atoms with Gasteiger partial charge in [-0.1, -0.05) is 13.8 Å². The predicted octanol–water partition coefficient (Wildman–Crippen LogP) is 1.97. The van der Waals surface area contributed by atoms with Crippen LogP contribution < -0.4 is 11.5 Å². The summed E-state index contributed by atoms with van der Waals surface area (Å²) in [5.74, 6) is 0.443. The monoisotopic (exact) mass is 150 g/mol. The highest BCUT2D eigenvalue weighted by molar-refractivity contribution is 5.56. The molecule has 0 aliphatic carbocycles. The van der Waals surface area contributed by atoms with Gasteiger partial charge in [0.2, 0.25) is 0 Å². The molecule has 0 fully saturated rings. The minimum absolute atomic E-state index is 0.443. The Morgan fingerprint density at radius 1 is 1.18 bits per heavy atom. The van der Waals surface area contributed by atoms with Crippen LogP contribution in [-0.4, -0.2) is 0 Å². The number of hydrogen-bond donors (Lipinski definition) is 2. The molecule has 60 valence electrons. The molecule has 4 N–H and O–H groups in total. The fourth-order valence-electron chi connectivity index (χ4n) is 1.09. The van der Waals surface area contributed by atoms with Crippen LogP contribution in [0, 0.1) is 0 Å². The lowest BCUT2D eigenvalue weighted by Gasteiger charge is -2.09. The van der Waals surface area contributed by atoms with E-state index < -0.39 is 0 Å². The molecule has 0 aliphatic heterocycles. The van der Waals surface area contributed by atoms with Crippen molar-refractivity contribution < 1.29 is 0 Å². The summed E-state index contributed by atoms with van der Waals surface area (Å²) in [6.45, 7) is 4.20. The van der Waals surface area contributed by atoms with E-state index >= 15 is 0 Å². The van der Waals surface area contributed by atoms with Crippen molar-refractivity contribution in [2.24, 2.45) is 0 Å². The normalized spacial score (nSPS) is 10.5. The molecule has 1 aromatic rings. The first-order valence-electron chi connectivity index (χ1n) is 3.76. The highest BCUT2D eigenvalue weighted by Gasteiger charge is 2.02. The summed E-state index contributed by atoms with van der Waals surface area (Å²) < 4.78 is 0. The van der Waals surface area contributed by atoms with Crippen LogP contribution in [0.25, 0.3) is 0 Å². The molecular formula is C9H14N2. The zero-order chi connectivity index (χ0) is 8.43. The largest absolute Gasteiger partial charge is 0.399 e. The number of nitrogen functional groups attached to an aromatic ring is 2. The summed E-state index contributed by atoms with van der Waals surface area (Å²) in [5.41, 5.74) is 14.1. The van der Waals surface area contributed by atoms with Crippen molar-refractivity contribution in [3.63, 3.8) is 0 Å². The van der Waals surface area contributed by atoms with Crippen LogP contribution >= 0.6 is 0 Å². The smallest absolute Gasteiger partial charge is 0.0350 e. The van der Waals surface area contributed by atoms with Gasteiger partial charge < -0.3 is 11.5 Å². The Balaban J connectivity index is 3.13. The van der Waals surface area contributed by atoms with Crippen molar-refractivity contribution in [1.29, 1.82) is 0 Å². The molecule has 1 rings (SSSR count). The first-order chi connectivity index (χ1) is 5.11. The van der Waals surface area contributed by atoms with Gasteiger partial charge in [0.15, 0.2) is 0 Å². The van der Waals surface area contributed by atoms with E-state index in [1.807, 2.05) is 18.2 Å². The quantitative estimate of drug-likeness (QED) is 0.601. The van der Waals surface area contributed by atoms with E-state index in [0.717, 1.165) is 16.9 Å². The zero-order valence-corrected chi connectivity index (χ0v) is 6.96. The summed E-state index contributed by atoms with van der Waals surface area (Å²) in [6.07, 6.45) is 0. The second-order valence-corrected chi connectivity index (χ2v) is 3.04. The Bertz CT molecular complexity index is 254. The van der Waals surface area contributed by atoms with Crippen LogP contribution in [0.3, 0.4) is 0 Å². The Labute approximate surface area is 67.2 Å². The summed E-state index contributed by atoms with van der Waals surface area (Å²) >= 11 is 0. The topological polar surface area (TPSA) is 52.0 Å². The van der Waals surface area contributed by atoms with Gasteiger partial charge in [-0.2, -0.15) is 0 Å². The van der Waals surface area contributed by atoms with Crippen LogP contribution in [0.4, 0.5) is 11.4 Å².